The molecular weight excluding hydrogens is 390 g/mol. The average Bonchev–Trinajstić information content (AvgIpc) is 2.78. The van der Waals surface area contributed by atoms with Crippen molar-refractivity contribution in [1.82, 2.24) is 20.5 Å². The van der Waals surface area contributed by atoms with Crippen LogP contribution in [-0.2, 0) is 0 Å². The van der Waals surface area contributed by atoms with Gasteiger partial charge < -0.3 is 20.3 Å². The molecular formula is C24H27N5O2. The molecule has 2 aromatic heterocycles. The van der Waals surface area contributed by atoms with E-state index in [1.165, 1.54) is 25.3 Å². The van der Waals surface area contributed by atoms with Crippen LogP contribution in [0.15, 0.2) is 53.5 Å². The molecule has 0 spiro atoms. The van der Waals surface area contributed by atoms with Crippen molar-refractivity contribution < 1.29 is 5.11 Å². The molecule has 0 radical (unpaired) electrons. The number of pyridine rings is 1. The van der Waals surface area contributed by atoms with Crippen molar-refractivity contribution in [2.45, 2.75) is 50.2 Å². The highest BCUT2D eigenvalue weighted by Crippen LogP contribution is 2.33. The lowest BCUT2D eigenvalue weighted by atomic mass is 9.83. The van der Waals surface area contributed by atoms with Crippen LogP contribution in [0.1, 0.15) is 32.1 Å². The first-order chi connectivity index (χ1) is 15.1. The third-order valence-corrected chi connectivity index (χ3v) is 6.63. The molecule has 4 heterocycles. The van der Waals surface area contributed by atoms with Gasteiger partial charge in [0.1, 0.15) is 5.75 Å². The van der Waals surface area contributed by atoms with E-state index in [2.05, 4.69) is 32.4 Å². The summed E-state index contributed by atoms with van der Waals surface area (Å²) in [5.41, 5.74) is 2.58. The third-order valence-electron chi connectivity index (χ3n) is 6.63. The molecule has 3 N–H and O–H groups in total. The van der Waals surface area contributed by atoms with Crippen molar-refractivity contribution in [3.63, 3.8) is 0 Å². The number of aromatic nitrogens is 3. The van der Waals surface area contributed by atoms with Crippen molar-refractivity contribution in [3.8, 4) is 28.1 Å². The number of hydrogen-bond donors (Lipinski definition) is 3. The van der Waals surface area contributed by atoms with E-state index in [9.17, 15) is 9.90 Å². The van der Waals surface area contributed by atoms with Gasteiger partial charge in [0.05, 0.1) is 5.69 Å². The van der Waals surface area contributed by atoms with E-state index in [0.29, 0.717) is 29.4 Å². The maximum atomic E-state index is 11.6. The molecule has 7 heteroatoms. The Morgan fingerprint density at radius 3 is 2.45 bits per heavy atom. The van der Waals surface area contributed by atoms with Crippen molar-refractivity contribution in [2.75, 3.05) is 11.9 Å². The summed E-state index contributed by atoms with van der Waals surface area (Å²) in [4.78, 5) is 16.4. The van der Waals surface area contributed by atoms with Gasteiger partial charge in [-0.1, -0.05) is 12.5 Å². The molecule has 1 unspecified atom stereocenters. The number of aromatic hydroxyl groups is 1. The highest BCUT2D eigenvalue weighted by Gasteiger charge is 2.33. The highest BCUT2D eigenvalue weighted by molar-refractivity contribution is 5.74. The number of hydrogen-bond acceptors (Lipinski definition) is 6. The van der Waals surface area contributed by atoms with E-state index >= 15 is 0 Å². The molecule has 160 valence electrons. The molecule has 3 atom stereocenters. The third kappa shape index (κ3) is 4.05. The van der Waals surface area contributed by atoms with Gasteiger partial charge in [0.25, 0.3) is 0 Å². The van der Waals surface area contributed by atoms with Crippen LogP contribution < -0.4 is 15.8 Å². The lowest BCUT2D eigenvalue weighted by Gasteiger charge is -2.43. The van der Waals surface area contributed by atoms with Crippen LogP contribution in [0.25, 0.3) is 22.4 Å². The molecule has 3 aromatic rings. The topological polar surface area (TPSA) is 94.1 Å². The van der Waals surface area contributed by atoms with Crippen molar-refractivity contribution in [2.24, 2.45) is 0 Å². The standard InChI is InChI=1S/C24H27N5O2/c1-29(19-13-17-3-2-4-18(14-19)26-17)23-8-7-21(27-28-23)20-6-5-15(11-22(20)30)16-9-10-25-24(31)12-16/h5-12,17-19,26,30H,2-4,13-14H2,1H3,(H,25,31)/t17-,18+,19?. The molecule has 7 nitrogen and oxygen atoms in total. The Bertz CT molecular complexity index is 1120. The van der Waals surface area contributed by atoms with Gasteiger partial charge >= 0.3 is 0 Å². The molecule has 2 aliphatic heterocycles. The second kappa shape index (κ2) is 8.15. The molecule has 0 amide bonds. The summed E-state index contributed by atoms with van der Waals surface area (Å²) in [6.07, 6.45) is 7.73. The lowest BCUT2D eigenvalue weighted by Crippen LogP contribution is -2.54. The number of anilines is 1. The van der Waals surface area contributed by atoms with E-state index in [1.807, 2.05) is 24.3 Å². The Balaban J connectivity index is 1.34. The Labute approximate surface area is 181 Å². The first-order valence-electron chi connectivity index (χ1n) is 10.9. The molecule has 0 saturated carbocycles. The van der Waals surface area contributed by atoms with Crippen molar-refractivity contribution in [1.29, 1.82) is 0 Å². The molecule has 5 rings (SSSR count). The number of benzene rings is 1. The van der Waals surface area contributed by atoms with Crippen LogP contribution in [0, 0.1) is 0 Å². The van der Waals surface area contributed by atoms with Gasteiger partial charge in [-0.2, -0.15) is 0 Å². The molecule has 1 aromatic carbocycles. The van der Waals surface area contributed by atoms with E-state index in [0.717, 1.165) is 29.8 Å². The van der Waals surface area contributed by atoms with Crippen LogP contribution in [-0.4, -0.2) is 45.5 Å². The summed E-state index contributed by atoms with van der Waals surface area (Å²) in [5, 5.41) is 23.2. The molecule has 2 bridgehead atoms. The largest absolute Gasteiger partial charge is 0.507 e. The van der Waals surface area contributed by atoms with Gasteiger partial charge in [0, 0.05) is 43.0 Å². The second-order valence-electron chi connectivity index (χ2n) is 8.68. The number of fused-ring (bicyclic) bond motifs is 2. The Kier molecular flexibility index (Phi) is 5.19. The van der Waals surface area contributed by atoms with Gasteiger partial charge in [0.2, 0.25) is 5.56 Å². The van der Waals surface area contributed by atoms with Crippen LogP contribution in [0.5, 0.6) is 5.75 Å². The van der Waals surface area contributed by atoms with Gasteiger partial charge in [-0.15, -0.1) is 10.2 Å². The van der Waals surface area contributed by atoms with Gasteiger partial charge in [-0.3, -0.25) is 4.79 Å². The zero-order valence-corrected chi connectivity index (χ0v) is 17.6. The quantitative estimate of drug-likeness (QED) is 0.603. The number of phenols is 1. The zero-order chi connectivity index (χ0) is 21.4. The molecule has 0 aliphatic carbocycles. The van der Waals surface area contributed by atoms with Crippen LogP contribution in [0.2, 0.25) is 0 Å². The fourth-order valence-corrected chi connectivity index (χ4v) is 4.95. The number of rotatable bonds is 4. The maximum absolute atomic E-state index is 11.6. The number of piperidine rings is 2. The first-order valence-corrected chi connectivity index (χ1v) is 10.9. The predicted octanol–water partition coefficient (Wildman–Crippen LogP) is 3.31. The van der Waals surface area contributed by atoms with Crippen LogP contribution in [0.3, 0.4) is 0 Å². The van der Waals surface area contributed by atoms with Gasteiger partial charge in [-0.25, -0.2) is 0 Å². The minimum atomic E-state index is -0.177. The van der Waals surface area contributed by atoms with E-state index in [4.69, 9.17) is 0 Å². The molecule has 2 saturated heterocycles. The van der Waals surface area contributed by atoms with Gasteiger partial charge in [-0.05, 0) is 67.1 Å². The van der Waals surface area contributed by atoms with Crippen LogP contribution >= 0.6 is 0 Å². The van der Waals surface area contributed by atoms with Crippen molar-refractivity contribution >= 4 is 5.82 Å². The number of nitrogens with zero attached hydrogens (tertiary/aromatic N) is 3. The average molecular weight is 418 g/mol. The predicted molar refractivity (Wildman–Crippen MR) is 121 cm³/mol. The summed E-state index contributed by atoms with van der Waals surface area (Å²) in [6.45, 7) is 0. The highest BCUT2D eigenvalue weighted by atomic mass is 16.3. The smallest absolute Gasteiger partial charge is 0.248 e. The summed E-state index contributed by atoms with van der Waals surface area (Å²) in [6, 6.07) is 14.2. The number of nitrogens with one attached hydrogen (secondary N) is 2. The SMILES string of the molecule is CN(c1ccc(-c2ccc(-c3cc[nH]c(=O)c3)cc2O)nn1)C1C[C@H]2CCC[C@@H](C1)N2. The molecule has 31 heavy (non-hydrogen) atoms. The van der Waals surface area contributed by atoms with Crippen molar-refractivity contribution in [3.05, 3.63) is 59.0 Å². The van der Waals surface area contributed by atoms with E-state index < -0.39 is 0 Å². The normalized spacial score (nSPS) is 22.8. The summed E-state index contributed by atoms with van der Waals surface area (Å²) >= 11 is 0. The fraction of sp³-hybridized carbons (Fsp3) is 0.375. The second-order valence-corrected chi connectivity index (χ2v) is 8.68. The summed E-state index contributed by atoms with van der Waals surface area (Å²) in [7, 11) is 2.10. The number of H-pyrrole nitrogens is 1. The van der Waals surface area contributed by atoms with E-state index in [-0.39, 0.29) is 11.3 Å². The fourth-order valence-electron chi connectivity index (χ4n) is 4.95. The minimum absolute atomic E-state index is 0.111. The molecule has 2 fully saturated rings. The monoisotopic (exact) mass is 417 g/mol. The van der Waals surface area contributed by atoms with E-state index in [1.54, 1.807) is 18.3 Å². The zero-order valence-electron chi connectivity index (χ0n) is 17.6. The Hall–Kier alpha value is -3.19. The minimum Gasteiger partial charge on any atom is -0.507 e. The lowest BCUT2D eigenvalue weighted by molar-refractivity contribution is 0.219. The summed E-state index contributed by atoms with van der Waals surface area (Å²) < 4.78 is 0. The first kappa shape index (κ1) is 19.8. The molecule has 2 aliphatic rings. The van der Waals surface area contributed by atoms with Crippen LogP contribution in [0.4, 0.5) is 5.82 Å². The Morgan fingerprint density at radius 1 is 1.00 bits per heavy atom. The number of phenolic OH excluding ortho intramolecular Hbond substituents is 1. The summed E-state index contributed by atoms with van der Waals surface area (Å²) in [5.74, 6) is 0.965. The maximum Gasteiger partial charge on any atom is 0.248 e. The van der Waals surface area contributed by atoms with Gasteiger partial charge in [0.15, 0.2) is 5.82 Å². The number of aromatic amines is 1. The Morgan fingerprint density at radius 2 is 1.77 bits per heavy atom.